The minimum atomic E-state index is 0.281. The number of nitrogens with one attached hydrogen (secondary N) is 1. The number of nitrogens with two attached hydrogens (primary N) is 1. The van der Waals surface area contributed by atoms with Crippen molar-refractivity contribution in [1.29, 1.82) is 0 Å². The highest BCUT2D eigenvalue weighted by Gasteiger charge is 2.15. The summed E-state index contributed by atoms with van der Waals surface area (Å²) in [7, 11) is 0. The third-order valence-corrected chi connectivity index (χ3v) is 3.77. The summed E-state index contributed by atoms with van der Waals surface area (Å²) in [6.45, 7) is 6.09. The normalized spacial score (nSPS) is 10.9. The number of aryl methyl sites for hydroxylation is 1. The summed E-state index contributed by atoms with van der Waals surface area (Å²) in [6.07, 6.45) is 0. The lowest BCUT2D eigenvalue weighted by Crippen LogP contribution is -2.14. The summed E-state index contributed by atoms with van der Waals surface area (Å²) in [5.74, 6) is 7.05. The maximum atomic E-state index is 6.03. The number of rotatable bonds is 3. The minimum Gasteiger partial charge on any atom is -0.308 e. The van der Waals surface area contributed by atoms with Gasteiger partial charge in [0.25, 0.3) is 0 Å². The number of nitrogens with zero attached hydrogens (tertiary/aromatic N) is 2. The Bertz CT molecular complexity index is 641. The number of nitrogen functional groups attached to an aromatic ring is 1. The van der Waals surface area contributed by atoms with E-state index in [0.29, 0.717) is 21.7 Å². The number of benzene rings is 1. The molecule has 0 aliphatic carbocycles. The molecule has 1 heterocycles. The fraction of sp³-hybridized carbons (Fsp3) is 0.286. The van der Waals surface area contributed by atoms with Gasteiger partial charge in [-0.2, -0.15) is 0 Å². The van der Waals surface area contributed by atoms with Crippen molar-refractivity contribution >= 4 is 29.0 Å². The van der Waals surface area contributed by atoms with Gasteiger partial charge in [-0.25, -0.2) is 15.8 Å². The summed E-state index contributed by atoms with van der Waals surface area (Å²) in [5, 5.41) is 0.976. The predicted octanol–water partition coefficient (Wildman–Crippen LogP) is 4.17. The number of anilines is 1. The van der Waals surface area contributed by atoms with E-state index in [0.717, 1.165) is 16.8 Å². The molecular formula is C14H16Cl2N4. The van der Waals surface area contributed by atoms with Gasteiger partial charge in [-0.05, 0) is 31.0 Å². The van der Waals surface area contributed by atoms with Crippen molar-refractivity contribution < 1.29 is 0 Å². The molecular weight excluding hydrogens is 295 g/mol. The van der Waals surface area contributed by atoms with Gasteiger partial charge in [0.15, 0.2) is 5.82 Å². The molecule has 0 spiro atoms. The zero-order valence-electron chi connectivity index (χ0n) is 11.5. The van der Waals surface area contributed by atoms with Crippen molar-refractivity contribution in [2.45, 2.75) is 26.7 Å². The number of halogens is 2. The fourth-order valence-electron chi connectivity index (χ4n) is 2.15. The van der Waals surface area contributed by atoms with Crippen molar-refractivity contribution in [2.24, 2.45) is 5.84 Å². The van der Waals surface area contributed by atoms with E-state index in [9.17, 15) is 0 Å². The van der Waals surface area contributed by atoms with Crippen LogP contribution in [0.1, 0.15) is 31.0 Å². The molecule has 0 saturated heterocycles. The van der Waals surface area contributed by atoms with E-state index in [1.807, 2.05) is 13.0 Å². The van der Waals surface area contributed by atoms with E-state index in [1.54, 1.807) is 12.1 Å². The topological polar surface area (TPSA) is 63.8 Å². The largest absolute Gasteiger partial charge is 0.308 e. The second kappa shape index (κ2) is 5.95. The van der Waals surface area contributed by atoms with E-state index >= 15 is 0 Å². The maximum absolute atomic E-state index is 6.03. The molecule has 1 aromatic heterocycles. The Kier molecular flexibility index (Phi) is 4.48. The Morgan fingerprint density at radius 1 is 1.15 bits per heavy atom. The number of aromatic nitrogens is 2. The molecule has 2 rings (SSSR count). The van der Waals surface area contributed by atoms with Crippen molar-refractivity contribution in [3.05, 3.63) is 39.5 Å². The molecule has 6 heteroatoms. The number of hydrogen-bond donors (Lipinski definition) is 2. The fourth-order valence-corrected chi connectivity index (χ4v) is 2.45. The number of hydrazine groups is 1. The molecule has 0 bridgehead atoms. The Balaban J connectivity index is 2.58. The first-order valence-corrected chi connectivity index (χ1v) is 7.00. The van der Waals surface area contributed by atoms with Crippen molar-refractivity contribution in [1.82, 2.24) is 9.97 Å². The molecule has 3 N–H and O–H groups in total. The molecule has 1 aromatic carbocycles. The Morgan fingerprint density at radius 3 is 2.40 bits per heavy atom. The van der Waals surface area contributed by atoms with Gasteiger partial charge in [0.05, 0.1) is 10.0 Å². The highest BCUT2D eigenvalue weighted by atomic mass is 35.5. The van der Waals surface area contributed by atoms with Crippen LogP contribution in [0.15, 0.2) is 18.2 Å². The van der Waals surface area contributed by atoms with Crippen LogP contribution in [0.2, 0.25) is 10.0 Å². The second-order valence-electron chi connectivity index (χ2n) is 4.82. The van der Waals surface area contributed by atoms with E-state index < -0.39 is 0 Å². The van der Waals surface area contributed by atoms with E-state index in [-0.39, 0.29) is 5.92 Å². The van der Waals surface area contributed by atoms with Crippen LogP contribution in [0.5, 0.6) is 0 Å². The molecule has 0 radical (unpaired) electrons. The average Bonchev–Trinajstić information content (AvgIpc) is 2.40. The van der Waals surface area contributed by atoms with Gasteiger partial charge in [-0.1, -0.05) is 37.0 Å². The van der Waals surface area contributed by atoms with Gasteiger partial charge in [-0.3, -0.25) is 0 Å². The molecule has 0 aliphatic heterocycles. The molecule has 0 saturated carbocycles. The molecule has 20 heavy (non-hydrogen) atoms. The van der Waals surface area contributed by atoms with Gasteiger partial charge in [-0.15, -0.1) is 0 Å². The monoisotopic (exact) mass is 310 g/mol. The lowest BCUT2D eigenvalue weighted by atomic mass is 10.0. The van der Waals surface area contributed by atoms with Crippen LogP contribution in [0, 0.1) is 6.92 Å². The minimum absolute atomic E-state index is 0.281. The van der Waals surface area contributed by atoms with Crippen LogP contribution >= 0.6 is 23.2 Å². The molecule has 0 atom stereocenters. The maximum Gasteiger partial charge on any atom is 0.161 e. The van der Waals surface area contributed by atoms with Gasteiger partial charge in [0, 0.05) is 16.8 Å². The molecule has 0 unspecified atom stereocenters. The standard InChI is InChI=1S/C14H16Cl2N4/c1-7(2)12-8(3)18-13(19-14(12)20-17)9-4-5-10(15)11(16)6-9/h4-7H,17H2,1-3H3,(H,18,19,20). The second-order valence-corrected chi connectivity index (χ2v) is 5.64. The summed E-state index contributed by atoms with van der Waals surface area (Å²) in [5.41, 5.74) is 5.35. The Labute approximate surface area is 128 Å². The summed E-state index contributed by atoms with van der Waals surface area (Å²) in [4.78, 5) is 9.00. The van der Waals surface area contributed by atoms with Crippen LogP contribution in [0.25, 0.3) is 11.4 Å². The van der Waals surface area contributed by atoms with Gasteiger partial charge in [0.1, 0.15) is 5.82 Å². The Hall–Kier alpha value is -1.36. The smallest absolute Gasteiger partial charge is 0.161 e. The first-order chi connectivity index (χ1) is 9.43. The van der Waals surface area contributed by atoms with Crippen LogP contribution in [-0.2, 0) is 0 Å². The first-order valence-electron chi connectivity index (χ1n) is 6.24. The van der Waals surface area contributed by atoms with Gasteiger partial charge < -0.3 is 5.43 Å². The van der Waals surface area contributed by atoms with Crippen LogP contribution < -0.4 is 11.3 Å². The highest BCUT2D eigenvalue weighted by molar-refractivity contribution is 6.42. The lowest BCUT2D eigenvalue weighted by Gasteiger charge is -2.15. The third-order valence-electron chi connectivity index (χ3n) is 3.03. The highest BCUT2D eigenvalue weighted by Crippen LogP contribution is 2.30. The quantitative estimate of drug-likeness (QED) is 0.659. The SMILES string of the molecule is Cc1nc(-c2ccc(Cl)c(Cl)c2)nc(NN)c1C(C)C. The van der Waals surface area contributed by atoms with Crippen LogP contribution in [0.3, 0.4) is 0 Å². The zero-order chi connectivity index (χ0) is 14.9. The molecule has 0 aliphatic rings. The van der Waals surface area contributed by atoms with Crippen molar-refractivity contribution in [3.8, 4) is 11.4 Å². The summed E-state index contributed by atoms with van der Waals surface area (Å²) < 4.78 is 0. The van der Waals surface area contributed by atoms with Gasteiger partial charge in [0.2, 0.25) is 0 Å². The predicted molar refractivity (Wildman–Crippen MR) is 84.1 cm³/mol. The Morgan fingerprint density at radius 2 is 1.85 bits per heavy atom. The first kappa shape index (κ1) is 15.0. The molecule has 106 valence electrons. The van der Waals surface area contributed by atoms with Crippen LogP contribution in [0.4, 0.5) is 5.82 Å². The third kappa shape index (κ3) is 2.87. The lowest BCUT2D eigenvalue weighted by molar-refractivity contribution is 0.832. The zero-order valence-corrected chi connectivity index (χ0v) is 13.0. The van der Waals surface area contributed by atoms with Crippen LogP contribution in [-0.4, -0.2) is 9.97 Å². The number of hydrogen-bond acceptors (Lipinski definition) is 4. The van der Waals surface area contributed by atoms with Gasteiger partial charge >= 0.3 is 0 Å². The molecule has 0 fully saturated rings. The summed E-state index contributed by atoms with van der Waals surface area (Å²) in [6, 6.07) is 5.30. The van der Waals surface area contributed by atoms with E-state index in [1.165, 1.54) is 0 Å². The molecule has 2 aromatic rings. The molecule has 0 amide bonds. The molecule has 4 nitrogen and oxygen atoms in total. The van der Waals surface area contributed by atoms with E-state index in [2.05, 4.69) is 29.2 Å². The summed E-state index contributed by atoms with van der Waals surface area (Å²) >= 11 is 12.0. The van der Waals surface area contributed by atoms with Crippen molar-refractivity contribution in [2.75, 3.05) is 5.43 Å². The average molecular weight is 311 g/mol. The van der Waals surface area contributed by atoms with E-state index in [4.69, 9.17) is 29.0 Å². The van der Waals surface area contributed by atoms with Crippen molar-refractivity contribution in [3.63, 3.8) is 0 Å².